The monoisotopic (exact) mass is 478 g/mol. The number of nitrogens with one attached hydrogen (secondary N) is 2. The zero-order valence-corrected chi connectivity index (χ0v) is 20.6. The number of hydrogen-bond donors (Lipinski definition) is 2. The maximum atomic E-state index is 12.8. The van der Waals surface area contributed by atoms with Crippen LogP contribution in [0.15, 0.2) is 66.7 Å². The van der Waals surface area contributed by atoms with Crippen molar-refractivity contribution in [3.8, 4) is 5.75 Å². The lowest BCUT2D eigenvalue weighted by molar-refractivity contribution is 0.175. The van der Waals surface area contributed by atoms with Crippen molar-refractivity contribution in [1.29, 1.82) is 0 Å². The standard InChI is InChI=1S/C27H31ClN4O2/c1-31(2)23-11-8-20(9-12-23)25(32-15-14-19-6-4-5-7-21(19)18-32)17-29-27(33)30-24-16-22(28)10-13-26(24)34-3/h4-13,16,25H,14-15,17-18H2,1-3H3,(H2,29,30,33). The van der Waals surface area contributed by atoms with Gasteiger partial charge in [-0.25, -0.2) is 4.79 Å². The number of urea groups is 1. The van der Waals surface area contributed by atoms with Crippen LogP contribution in [0.4, 0.5) is 16.2 Å². The second kappa shape index (κ2) is 10.8. The van der Waals surface area contributed by atoms with Gasteiger partial charge < -0.3 is 20.3 Å². The third kappa shape index (κ3) is 5.64. The molecule has 2 amide bonds. The summed E-state index contributed by atoms with van der Waals surface area (Å²) in [5.74, 6) is 0.558. The summed E-state index contributed by atoms with van der Waals surface area (Å²) in [4.78, 5) is 17.3. The molecule has 178 valence electrons. The number of methoxy groups -OCH3 is 1. The SMILES string of the molecule is COc1ccc(Cl)cc1NC(=O)NCC(c1ccc(N(C)C)cc1)N1CCc2ccccc2C1. The number of carbonyl (C=O) groups excluding carboxylic acids is 1. The number of halogens is 1. The van der Waals surface area contributed by atoms with Crippen molar-refractivity contribution in [2.75, 3.05) is 44.5 Å². The van der Waals surface area contributed by atoms with Gasteiger partial charge in [-0.05, 0) is 53.4 Å². The topological polar surface area (TPSA) is 56.8 Å². The lowest BCUT2D eigenvalue weighted by Gasteiger charge is -2.36. The summed E-state index contributed by atoms with van der Waals surface area (Å²) < 4.78 is 5.34. The molecule has 1 aliphatic heterocycles. The summed E-state index contributed by atoms with van der Waals surface area (Å²) in [6.45, 7) is 2.25. The lowest BCUT2D eigenvalue weighted by Crippen LogP contribution is -2.41. The zero-order valence-electron chi connectivity index (χ0n) is 19.8. The minimum atomic E-state index is -0.298. The third-order valence-electron chi connectivity index (χ3n) is 6.26. The Balaban J connectivity index is 1.51. The molecular weight excluding hydrogens is 448 g/mol. The van der Waals surface area contributed by atoms with E-state index < -0.39 is 0 Å². The van der Waals surface area contributed by atoms with Gasteiger partial charge in [-0.1, -0.05) is 48.0 Å². The van der Waals surface area contributed by atoms with E-state index in [-0.39, 0.29) is 12.1 Å². The van der Waals surface area contributed by atoms with Crippen molar-refractivity contribution >= 4 is 29.0 Å². The molecule has 4 rings (SSSR count). The molecule has 0 spiro atoms. The molecule has 0 bridgehead atoms. The molecule has 0 saturated heterocycles. The van der Waals surface area contributed by atoms with Gasteiger partial charge in [-0.2, -0.15) is 0 Å². The maximum Gasteiger partial charge on any atom is 0.319 e. The van der Waals surface area contributed by atoms with Crippen molar-refractivity contribution in [3.05, 3.63) is 88.4 Å². The van der Waals surface area contributed by atoms with Gasteiger partial charge in [0, 0.05) is 44.4 Å². The quantitative estimate of drug-likeness (QED) is 0.481. The zero-order chi connectivity index (χ0) is 24.1. The second-order valence-electron chi connectivity index (χ2n) is 8.67. The molecule has 3 aromatic carbocycles. The van der Waals surface area contributed by atoms with Gasteiger partial charge in [0.1, 0.15) is 5.75 Å². The Morgan fingerprint density at radius 3 is 2.53 bits per heavy atom. The molecule has 7 heteroatoms. The Kier molecular flexibility index (Phi) is 7.60. The van der Waals surface area contributed by atoms with Gasteiger partial charge in [0.25, 0.3) is 0 Å². The van der Waals surface area contributed by atoms with Crippen LogP contribution < -0.4 is 20.3 Å². The van der Waals surface area contributed by atoms with Gasteiger partial charge in [0.05, 0.1) is 18.8 Å². The first-order valence-electron chi connectivity index (χ1n) is 11.4. The van der Waals surface area contributed by atoms with Gasteiger partial charge >= 0.3 is 6.03 Å². The number of amides is 2. The Hall–Kier alpha value is -3.22. The molecule has 1 atom stereocenters. The highest BCUT2D eigenvalue weighted by atomic mass is 35.5. The largest absolute Gasteiger partial charge is 0.495 e. The Bertz CT molecular complexity index is 1130. The number of hydrogen-bond acceptors (Lipinski definition) is 4. The van der Waals surface area contributed by atoms with Crippen LogP contribution in [0.2, 0.25) is 5.02 Å². The number of anilines is 2. The van der Waals surface area contributed by atoms with Crippen LogP contribution >= 0.6 is 11.6 Å². The summed E-state index contributed by atoms with van der Waals surface area (Å²) in [5.41, 5.74) is 5.60. The molecule has 0 fully saturated rings. The fourth-order valence-corrected chi connectivity index (χ4v) is 4.54. The van der Waals surface area contributed by atoms with Crippen LogP contribution in [0.1, 0.15) is 22.7 Å². The molecule has 0 aliphatic carbocycles. The number of benzene rings is 3. The Labute approximate surface area is 206 Å². The first kappa shape index (κ1) is 23.9. The minimum absolute atomic E-state index is 0.0385. The van der Waals surface area contributed by atoms with Crippen molar-refractivity contribution in [2.24, 2.45) is 0 Å². The second-order valence-corrected chi connectivity index (χ2v) is 9.11. The van der Waals surface area contributed by atoms with E-state index in [1.54, 1.807) is 25.3 Å². The molecule has 34 heavy (non-hydrogen) atoms. The number of carbonyl (C=O) groups is 1. The van der Waals surface area contributed by atoms with Crippen molar-refractivity contribution in [3.63, 3.8) is 0 Å². The summed E-state index contributed by atoms with van der Waals surface area (Å²) in [6, 6.07) is 22.0. The smallest absolute Gasteiger partial charge is 0.319 e. The highest BCUT2D eigenvalue weighted by molar-refractivity contribution is 6.31. The normalized spacial score (nSPS) is 14.1. The first-order valence-corrected chi connectivity index (χ1v) is 11.8. The first-order chi connectivity index (χ1) is 16.4. The number of ether oxygens (including phenoxy) is 1. The van der Waals surface area contributed by atoms with E-state index in [0.717, 1.165) is 25.2 Å². The average Bonchev–Trinajstić information content (AvgIpc) is 2.84. The van der Waals surface area contributed by atoms with Crippen LogP contribution in [-0.4, -0.2) is 45.2 Å². The lowest BCUT2D eigenvalue weighted by atomic mass is 9.96. The van der Waals surface area contributed by atoms with Crippen LogP contribution in [0.5, 0.6) is 5.75 Å². The highest BCUT2D eigenvalue weighted by Gasteiger charge is 2.25. The van der Waals surface area contributed by atoms with Crippen LogP contribution in [0.3, 0.4) is 0 Å². The predicted molar refractivity (Wildman–Crippen MR) is 139 cm³/mol. The van der Waals surface area contributed by atoms with E-state index in [2.05, 4.69) is 69.0 Å². The minimum Gasteiger partial charge on any atom is -0.495 e. The predicted octanol–water partition coefficient (Wildman–Crippen LogP) is 5.34. The average molecular weight is 479 g/mol. The molecule has 1 unspecified atom stereocenters. The molecule has 6 nitrogen and oxygen atoms in total. The van der Waals surface area contributed by atoms with E-state index in [1.165, 1.54) is 16.7 Å². The highest BCUT2D eigenvalue weighted by Crippen LogP contribution is 2.30. The molecule has 2 N–H and O–H groups in total. The molecule has 1 aliphatic rings. The molecule has 3 aromatic rings. The fourth-order valence-electron chi connectivity index (χ4n) is 4.37. The van der Waals surface area contributed by atoms with Gasteiger partial charge in [-0.15, -0.1) is 0 Å². The molecule has 0 aromatic heterocycles. The summed E-state index contributed by atoms with van der Waals surface area (Å²) >= 11 is 6.11. The number of fused-ring (bicyclic) bond motifs is 1. The Morgan fingerprint density at radius 2 is 1.82 bits per heavy atom. The molecule has 0 radical (unpaired) electrons. The Morgan fingerprint density at radius 1 is 1.09 bits per heavy atom. The van der Waals surface area contributed by atoms with E-state index in [0.29, 0.717) is 23.0 Å². The van der Waals surface area contributed by atoms with E-state index in [4.69, 9.17) is 16.3 Å². The summed E-state index contributed by atoms with van der Waals surface area (Å²) in [5, 5.41) is 6.46. The third-order valence-corrected chi connectivity index (χ3v) is 6.50. The summed E-state index contributed by atoms with van der Waals surface area (Å²) in [6.07, 6.45) is 0.994. The van der Waals surface area contributed by atoms with Crippen LogP contribution in [-0.2, 0) is 13.0 Å². The fraction of sp³-hybridized carbons (Fsp3) is 0.296. The van der Waals surface area contributed by atoms with Crippen LogP contribution in [0.25, 0.3) is 0 Å². The summed E-state index contributed by atoms with van der Waals surface area (Å²) in [7, 11) is 5.63. The molecule has 0 saturated carbocycles. The van der Waals surface area contributed by atoms with Gasteiger partial charge in [0.15, 0.2) is 0 Å². The van der Waals surface area contributed by atoms with Crippen molar-refractivity contribution in [2.45, 2.75) is 19.0 Å². The van der Waals surface area contributed by atoms with E-state index >= 15 is 0 Å². The van der Waals surface area contributed by atoms with Gasteiger partial charge in [0.2, 0.25) is 0 Å². The van der Waals surface area contributed by atoms with E-state index in [9.17, 15) is 4.79 Å². The van der Waals surface area contributed by atoms with Crippen molar-refractivity contribution in [1.82, 2.24) is 10.2 Å². The molecular formula is C27H31ClN4O2. The molecule has 1 heterocycles. The van der Waals surface area contributed by atoms with E-state index in [1.807, 2.05) is 14.1 Å². The van der Waals surface area contributed by atoms with Gasteiger partial charge in [-0.3, -0.25) is 4.90 Å². The van der Waals surface area contributed by atoms with Crippen LogP contribution in [0, 0.1) is 0 Å². The number of rotatable bonds is 7. The van der Waals surface area contributed by atoms with Crippen molar-refractivity contribution < 1.29 is 9.53 Å². The maximum absolute atomic E-state index is 12.8. The number of nitrogens with zero attached hydrogens (tertiary/aromatic N) is 2.